The first-order chi connectivity index (χ1) is 38.9. The van der Waals surface area contributed by atoms with Crippen molar-refractivity contribution in [2.24, 2.45) is 22.7 Å². The molecule has 7 rings (SSSR count). The number of rotatable bonds is 11. The Labute approximate surface area is 489 Å². The third-order valence-electron chi connectivity index (χ3n) is 14.8. The molecular weight excluding hydrogens is 1090 g/mol. The van der Waals surface area contributed by atoms with Gasteiger partial charge in [0, 0.05) is 35.0 Å². The summed E-state index contributed by atoms with van der Waals surface area (Å²) in [5.41, 5.74) is 4.72. The quantitative estimate of drug-likeness (QED) is 0.0744. The monoisotopic (exact) mass is 1170 g/mol. The van der Waals surface area contributed by atoms with Gasteiger partial charge in [0.05, 0.1) is 28.3 Å². The molecule has 21 nitrogen and oxygen atoms in total. The predicted molar refractivity (Wildman–Crippen MR) is 313 cm³/mol. The van der Waals surface area contributed by atoms with Gasteiger partial charge >= 0.3 is 11.9 Å². The molecule has 2 fully saturated rings. The Kier molecular flexibility index (Phi) is 22.5. The zero-order valence-corrected chi connectivity index (χ0v) is 49.1. The first-order valence-electron chi connectivity index (χ1n) is 28.0. The number of nitrogens with zero attached hydrogens (tertiary/aromatic N) is 4. The molecule has 3 aliphatic rings. The number of aliphatic hydroxyl groups is 1. The van der Waals surface area contributed by atoms with Gasteiger partial charge in [-0.05, 0) is 105 Å². The SMILES string of the molecule is C.CC(C)[C@@H]1NC(=O)C(C)(C)/C=C/c2ccc3ccc(nc3c2F)[C@@H](C)OC(=O)[C@@H]2CCCN(N2)C(=O)[C@H](C)NC1=O.CC(C)[C@H](NC(=O)C(C)(C)/C=C/c1ccc2ccc([C@@H](C)O)nc2c1F)C(=O)N[C@@H](C)C(=O)N1CCC[C@@H](C(=O)O)N1. The van der Waals surface area contributed by atoms with E-state index in [9.17, 15) is 48.6 Å². The van der Waals surface area contributed by atoms with Crippen LogP contribution in [0.3, 0.4) is 0 Å². The Morgan fingerprint density at radius 1 is 0.833 bits per heavy atom. The molecule has 84 heavy (non-hydrogen) atoms. The molecule has 2 saturated heterocycles. The predicted octanol–water partition coefficient (Wildman–Crippen LogP) is 6.50. The highest BCUT2D eigenvalue weighted by molar-refractivity contribution is 5.96. The number of pyridine rings is 2. The first-order valence-corrected chi connectivity index (χ1v) is 28.0. The molecule has 0 saturated carbocycles. The number of hydrogen-bond donors (Lipinski definition) is 8. The lowest BCUT2D eigenvalue weighted by molar-refractivity contribution is -0.157. The smallest absolute Gasteiger partial charge is 0.325 e. The summed E-state index contributed by atoms with van der Waals surface area (Å²) in [6.07, 6.45) is 6.36. The molecule has 0 aliphatic carbocycles. The molecule has 2 aromatic carbocycles. The minimum atomic E-state index is -1.14. The fourth-order valence-corrected chi connectivity index (χ4v) is 9.31. The Morgan fingerprint density at radius 2 is 1.46 bits per heavy atom. The van der Waals surface area contributed by atoms with E-state index in [4.69, 9.17) is 4.74 Å². The number of amides is 6. The van der Waals surface area contributed by atoms with Crippen molar-refractivity contribution in [3.05, 3.63) is 94.8 Å². The highest BCUT2D eigenvalue weighted by Gasteiger charge is 2.38. The molecule has 456 valence electrons. The van der Waals surface area contributed by atoms with Gasteiger partial charge in [-0.15, -0.1) is 0 Å². The van der Waals surface area contributed by atoms with Crippen LogP contribution in [0.2, 0.25) is 0 Å². The zero-order valence-electron chi connectivity index (χ0n) is 49.1. The van der Waals surface area contributed by atoms with Crippen molar-refractivity contribution in [1.82, 2.24) is 52.1 Å². The second-order valence-corrected chi connectivity index (χ2v) is 23.2. The number of hydrazine groups is 2. The number of benzene rings is 2. The summed E-state index contributed by atoms with van der Waals surface area (Å²) in [4.78, 5) is 112. The maximum Gasteiger partial charge on any atom is 0.325 e. The lowest BCUT2D eigenvalue weighted by atomic mass is 9.89. The van der Waals surface area contributed by atoms with Crippen LogP contribution in [0.5, 0.6) is 0 Å². The fourth-order valence-electron chi connectivity index (χ4n) is 9.31. The van der Waals surface area contributed by atoms with Gasteiger partial charge in [0.2, 0.25) is 23.6 Å². The number of fused-ring (bicyclic) bond motifs is 5. The fraction of sp³-hybridized carbons (Fsp3) is 0.508. The van der Waals surface area contributed by atoms with E-state index in [0.717, 1.165) is 0 Å². The number of halogens is 2. The third-order valence-corrected chi connectivity index (χ3v) is 14.8. The standard InChI is InChI=1S/C30H40FN5O6.C30H38FN5O5.CH4/c1-16(2)24(26(38)32-17(3)27(39)36-15-7-8-22(35-36)28(40)41)34-29(42)30(5,6)14-13-19-9-10-20-11-12-21(18(4)37)33-25(20)23(19)31;1-16(2)24-26(37)32-17(3)27(38)36-15-7-8-22(35-36)28(39)41-18(4)21-12-11-20-10-9-19(23(31)25(20)33-21)13-14-30(5,6)29(40)34-24;/h9-14,16-18,22,24,35,37H,7-8,15H2,1-6H3,(H,32,38)(H,34,42)(H,40,41);9-14,16-18,22,24,35H,7-8,15H2,1-6H3,(H,32,37)(H,34,40);1H4/b2*14-13+;/t2*17-,18+,22-,24-;/m00./s1. The van der Waals surface area contributed by atoms with Crippen LogP contribution >= 0.6 is 0 Å². The van der Waals surface area contributed by atoms with Crippen molar-refractivity contribution in [3.63, 3.8) is 0 Å². The molecule has 2 aromatic heterocycles. The number of aromatic nitrogens is 2. The number of aliphatic hydroxyl groups excluding tert-OH is 1. The van der Waals surface area contributed by atoms with Crippen molar-refractivity contribution in [2.75, 3.05) is 13.1 Å². The van der Waals surface area contributed by atoms with E-state index in [2.05, 4.69) is 42.1 Å². The largest absolute Gasteiger partial charge is 0.480 e. The lowest BCUT2D eigenvalue weighted by Gasteiger charge is -2.35. The molecule has 0 unspecified atom stereocenters. The van der Waals surface area contributed by atoms with Crippen LogP contribution in [0.1, 0.15) is 151 Å². The number of carboxylic acid groups (broad SMARTS) is 1. The number of carbonyl (C=O) groups excluding carboxylic acids is 7. The zero-order chi connectivity index (χ0) is 61.4. The number of ether oxygens (including phenoxy) is 1. The second-order valence-electron chi connectivity index (χ2n) is 23.2. The van der Waals surface area contributed by atoms with Crippen LogP contribution in [-0.4, -0.2) is 127 Å². The summed E-state index contributed by atoms with van der Waals surface area (Å²) in [6.45, 7) is 20.6. The maximum absolute atomic E-state index is 15.6. The molecule has 23 heteroatoms. The van der Waals surface area contributed by atoms with E-state index in [0.29, 0.717) is 60.9 Å². The Bertz CT molecular complexity index is 3180. The first kappa shape index (κ1) is 67.0. The van der Waals surface area contributed by atoms with Gasteiger partial charge in [0.25, 0.3) is 11.8 Å². The Morgan fingerprint density at radius 3 is 2.11 bits per heavy atom. The minimum absolute atomic E-state index is 0. The molecule has 3 aliphatic heterocycles. The molecule has 0 spiro atoms. The number of hydrogen-bond acceptors (Lipinski definition) is 14. The van der Waals surface area contributed by atoms with E-state index in [1.54, 1.807) is 131 Å². The van der Waals surface area contributed by atoms with Crippen LogP contribution in [0, 0.1) is 34.3 Å². The molecule has 4 aromatic rings. The van der Waals surface area contributed by atoms with E-state index in [1.165, 1.54) is 35.2 Å². The second kappa shape index (κ2) is 28.2. The van der Waals surface area contributed by atoms with E-state index < -0.39 is 118 Å². The topological polar surface area (TPSA) is 291 Å². The Balaban J connectivity index is 0.000000304. The summed E-state index contributed by atoms with van der Waals surface area (Å²) < 4.78 is 36.6. The van der Waals surface area contributed by atoms with E-state index in [1.807, 2.05) is 0 Å². The summed E-state index contributed by atoms with van der Waals surface area (Å²) in [6, 6.07) is 7.86. The van der Waals surface area contributed by atoms with Gasteiger partial charge in [0.1, 0.15) is 53.4 Å². The number of aliphatic carboxylic acids is 1. The highest BCUT2D eigenvalue weighted by atomic mass is 19.1. The average molecular weight is 1170 g/mol. The molecule has 8 N–H and O–H groups in total. The van der Waals surface area contributed by atoms with Crippen LogP contribution < -0.4 is 32.1 Å². The van der Waals surface area contributed by atoms with E-state index in [-0.39, 0.29) is 41.4 Å². The van der Waals surface area contributed by atoms with Gasteiger partial charge in [-0.3, -0.25) is 48.4 Å². The third kappa shape index (κ3) is 16.3. The number of nitrogens with one attached hydrogen (secondary N) is 6. The molecule has 6 amide bonds. The minimum Gasteiger partial charge on any atom is -0.480 e. The molecule has 8 atom stereocenters. The van der Waals surface area contributed by atoms with Crippen LogP contribution in [0.4, 0.5) is 8.78 Å². The average Bonchev–Trinajstić information content (AvgIpc) is 3.54. The van der Waals surface area contributed by atoms with Gasteiger partial charge in [0.15, 0.2) is 11.6 Å². The van der Waals surface area contributed by atoms with Crippen molar-refractivity contribution >= 4 is 81.3 Å². The molecule has 5 bridgehead atoms. The van der Waals surface area contributed by atoms with Gasteiger partial charge < -0.3 is 36.2 Å². The summed E-state index contributed by atoms with van der Waals surface area (Å²) in [5.74, 6) is -6.29. The summed E-state index contributed by atoms with van der Waals surface area (Å²) in [7, 11) is 0. The molecule has 0 radical (unpaired) electrons. The highest BCUT2D eigenvalue weighted by Crippen LogP contribution is 2.29. The number of cyclic esters (lactones) is 1. The van der Waals surface area contributed by atoms with Crippen molar-refractivity contribution in [3.8, 4) is 0 Å². The van der Waals surface area contributed by atoms with Crippen molar-refractivity contribution in [2.45, 2.75) is 165 Å². The van der Waals surface area contributed by atoms with Gasteiger partial charge in [-0.25, -0.2) is 29.6 Å². The molecule has 5 heterocycles. The maximum atomic E-state index is 15.6. The lowest BCUT2D eigenvalue weighted by Crippen LogP contribution is -2.61. The normalized spacial score (nSPS) is 22.2. The number of carbonyl (C=O) groups is 8. The number of esters is 1. The Hall–Kier alpha value is -7.76. The van der Waals surface area contributed by atoms with Crippen LogP contribution in [0.15, 0.2) is 60.7 Å². The van der Waals surface area contributed by atoms with Crippen LogP contribution in [0.25, 0.3) is 34.0 Å². The van der Waals surface area contributed by atoms with Crippen molar-refractivity contribution < 1.29 is 62.1 Å². The van der Waals surface area contributed by atoms with Crippen molar-refractivity contribution in [1.29, 1.82) is 0 Å². The van der Waals surface area contributed by atoms with Crippen LogP contribution in [-0.2, 0) is 43.1 Å². The van der Waals surface area contributed by atoms with Gasteiger partial charge in [-0.2, -0.15) is 0 Å². The molecular formula is C61H82F2N10O11. The number of carboxylic acids is 1. The summed E-state index contributed by atoms with van der Waals surface area (Å²) in [5, 5.41) is 33.6. The summed E-state index contributed by atoms with van der Waals surface area (Å²) >= 11 is 0. The van der Waals surface area contributed by atoms with Gasteiger partial charge in [-0.1, -0.05) is 95.8 Å². The van der Waals surface area contributed by atoms with E-state index >= 15 is 8.78 Å².